The van der Waals surface area contributed by atoms with Gasteiger partial charge in [-0.15, -0.1) is 0 Å². The van der Waals surface area contributed by atoms with Crippen molar-refractivity contribution in [2.24, 2.45) is 0 Å². The molecule has 2 aromatic carbocycles. The molecule has 1 aromatic heterocycles. The van der Waals surface area contributed by atoms with Gasteiger partial charge in [0.05, 0.1) is 11.1 Å². The summed E-state index contributed by atoms with van der Waals surface area (Å²) in [5.74, 6) is -1.17. The van der Waals surface area contributed by atoms with Crippen LogP contribution in [0.3, 0.4) is 0 Å². The van der Waals surface area contributed by atoms with E-state index in [1.54, 1.807) is 42.5 Å². The lowest BCUT2D eigenvalue weighted by Crippen LogP contribution is -2.24. The van der Waals surface area contributed by atoms with Crippen molar-refractivity contribution in [1.82, 2.24) is 9.78 Å². The summed E-state index contributed by atoms with van der Waals surface area (Å²) in [4.78, 5) is 24.0. The van der Waals surface area contributed by atoms with Gasteiger partial charge in [-0.1, -0.05) is 34.1 Å². The molecule has 0 aliphatic heterocycles. The number of rotatable bonds is 2. The normalized spacial score (nSPS) is 10.8. The van der Waals surface area contributed by atoms with Gasteiger partial charge in [-0.2, -0.15) is 9.78 Å². The van der Waals surface area contributed by atoms with Crippen molar-refractivity contribution in [3.63, 3.8) is 0 Å². The number of halogens is 1. The number of carboxylic acid groups (broad SMARTS) is 1. The maximum Gasteiger partial charge on any atom is 0.357 e. The summed E-state index contributed by atoms with van der Waals surface area (Å²) in [6, 6.07) is 11.9. The molecule has 0 aliphatic carbocycles. The predicted molar refractivity (Wildman–Crippen MR) is 86.7 cm³/mol. The van der Waals surface area contributed by atoms with E-state index >= 15 is 0 Å². The van der Waals surface area contributed by atoms with E-state index in [2.05, 4.69) is 21.0 Å². The number of hydrogen-bond donors (Lipinski definition) is 1. The minimum Gasteiger partial charge on any atom is -0.476 e. The second-order valence-electron chi connectivity index (χ2n) is 4.85. The summed E-state index contributed by atoms with van der Waals surface area (Å²) in [5.41, 5.74) is 0.966. The Morgan fingerprint density at radius 3 is 2.50 bits per heavy atom. The summed E-state index contributed by atoms with van der Waals surface area (Å²) in [5, 5.41) is 14.1. The predicted octanol–water partition coefficient (Wildman–Crippen LogP) is 3.15. The lowest BCUT2D eigenvalue weighted by molar-refractivity contribution is 0.0691. The van der Waals surface area contributed by atoms with Gasteiger partial charge >= 0.3 is 5.97 Å². The first-order chi connectivity index (χ1) is 10.5. The average Bonchev–Trinajstić information content (AvgIpc) is 2.50. The maximum absolute atomic E-state index is 12.6. The molecule has 0 spiro atoms. The van der Waals surface area contributed by atoms with Gasteiger partial charge in [0, 0.05) is 9.86 Å². The number of carbonyl (C=O) groups is 1. The summed E-state index contributed by atoms with van der Waals surface area (Å²) in [6.07, 6.45) is 0. The Kier molecular flexibility index (Phi) is 3.54. The SMILES string of the molecule is Cc1cc(-n2nc(C(=O)O)c3ccccc3c2=O)ccc1Br. The van der Waals surface area contributed by atoms with Crippen molar-refractivity contribution in [3.8, 4) is 5.69 Å². The molecule has 1 N–H and O–H groups in total. The van der Waals surface area contributed by atoms with Gasteiger partial charge in [-0.3, -0.25) is 4.79 Å². The molecule has 0 atom stereocenters. The number of benzene rings is 2. The first-order valence-corrected chi connectivity index (χ1v) is 7.30. The number of aromatic nitrogens is 2. The first-order valence-electron chi connectivity index (χ1n) is 6.51. The van der Waals surface area contributed by atoms with Crippen LogP contribution in [0.1, 0.15) is 16.1 Å². The van der Waals surface area contributed by atoms with Gasteiger partial charge in [-0.05, 0) is 36.8 Å². The van der Waals surface area contributed by atoms with Crippen LogP contribution in [0.4, 0.5) is 0 Å². The van der Waals surface area contributed by atoms with E-state index in [0.717, 1.165) is 14.7 Å². The van der Waals surface area contributed by atoms with Crippen LogP contribution in [0.5, 0.6) is 0 Å². The molecular formula is C16H11BrN2O3. The number of hydrogen-bond acceptors (Lipinski definition) is 3. The Labute approximate surface area is 134 Å². The number of aryl methyl sites for hydroxylation is 1. The highest BCUT2D eigenvalue weighted by atomic mass is 79.9. The van der Waals surface area contributed by atoms with Crippen LogP contribution in [-0.4, -0.2) is 20.9 Å². The summed E-state index contributed by atoms with van der Waals surface area (Å²) in [7, 11) is 0. The molecule has 0 saturated heterocycles. The van der Waals surface area contributed by atoms with Crippen molar-refractivity contribution < 1.29 is 9.90 Å². The maximum atomic E-state index is 12.6. The van der Waals surface area contributed by atoms with Crippen LogP contribution in [0, 0.1) is 6.92 Å². The molecule has 0 aliphatic rings. The standard InChI is InChI=1S/C16H11BrN2O3/c1-9-8-10(6-7-13(9)17)19-15(20)12-5-3-2-4-11(12)14(18-19)16(21)22/h2-8H,1H3,(H,21,22). The van der Waals surface area contributed by atoms with E-state index in [9.17, 15) is 14.7 Å². The van der Waals surface area contributed by atoms with E-state index in [-0.39, 0.29) is 11.3 Å². The van der Waals surface area contributed by atoms with Gasteiger partial charge in [0.1, 0.15) is 0 Å². The van der Waals surface area contributed by atoms with Crippen LogP contribution in [0.2, 0.25) is 0 Å². The van der Waals surface area contributed by atoms with Gasteiger partial charge in [0.25, 0.3) is 5.56 Å². The summed E-state index contributed by atoms with van der Waals surface area (Å²) < 4.78 is 2.04. The molecule has 0 amide bonds. The Balaban J connectivity index is 2.39. The van der Waals surface area contributed by atoms with Gasteiger partial charge in [-0.25, -0.2) is 4.79 Å². The van der Waals surface area contributed by atoms with Crippen molar-refractivity contribution >= 4 is 32.7 Å². The lowest BCUT2D eigenvalue weighted by Gasteiger charge is -2.10. The zero-order valence-electron chi connectivity index (χ0n) is 11.6. The summed E-state index contributed by atoms with van der Waals surface area (Å²) in [6.45, 7) is 1.89. The third-order valence-electron chi connectivity index (χ3n) is 3.39. The molecule has 0 bridgehead atoms. The molecule has 6 heteroatoms. The third-order valence-corrected chi connectivity index (χ3v) is 4.28. The molecule has 3 aromatic rings. The molecule has 1 heterocycles. The smallest absolute Gasteiger partial charge is 0.357 e. The highest BCUT2D eigenvalue weighted by Gasteiger charge is 2.16. The Bertz CT molecular complexity index is 963. The van der Waals surface area contributed by atoms with Crippen LogP contribution in [0.25, 0.3) is 16.5 Å². The fourth-order valence-corrected chi connectivity index (χ4v) is 2.53. The highest BCUT2D eigenvalue weighted by molar-refractivity contribution is 9.10. The second-order valence-corrected chi connectivity index (χ2v) is 5.70. The molecule has 110 valence electrons. The molecular weight excluding hydrogens is 348 g/mol. The molecule has 0 unspecified atom stereocenters. The van der Waals surface area contributed by atoms with Crippen LogP contribution in [0.15, 0.2) is 51.7 Å². The summed E-state index contributed by atoms with van der Waals surface area (Å²) >= 11 is 3.40. The third kappa shape index (κ3) is 2.31. The first kappa shape index (κ1) is 14.5. The second kappa shape index (κ2) is 5.38. The minimum atomic E-state index is -1.17. The largest absolute Gasteiger partial charge is 0.476 e. The van der Waals surface area contributed by atoms with E-state index in [0.29, 0.717) is 16.5 Å². The highest BCUT2D eigenvalue weighted by Crippen LogP contribution is 2.20. The monoisotopic (exact) mass is 358 g/mol. The zero-order chi connectivity index (χ0) is 15.9. The van der Waals surface area contributed by atoms with Crippen molar-refractivity contribution in [3.05, 3.63) is 68.5 Å². The van der Waals surface area contributed by atoms with Crippen LogP contribution < -0.4 is 5.56 Å². The van der Waals surface area contributed by atoms with E-state index in [1.807, 2.05) is 6.92 Å². The minimum absolute atomic E-state index is 0.143. The number of nitrogens with zero attached hydrogens (tertiary/aromatic N) is 2. The zero-order valence-corrected chi connectivity index (χ0v) is 13.2. The van der Waals surface area contributed by atoms with Crippen molar-refractivity contribution in [1.29, 1.82) is 0 Å². The van der Waals surface area contributed by atoms with Crippen molar-refractivity contribution in [2.75, 3.05) is 0 Å². The number of carboxylic acids is 1. The van der Waals surface area contributed by atoms with Gasteiger partial charge in [0.15, 0.2) is 5.69 Å². The Morgan fingerprint density at radius 2 is 1.86 bits per heavy atom. The van der Waals surface area contributed by atoms with Gasteiger partial charge < -0.3 is 5.11 Å². The van der Waals surface area contributed by atoms with E-state index in [4.69, 9.17) is 0 Å². The Morgan fingerprint density at radius 1 is 1.18 bits per heavy atom. The average molecular weight is 359 g/mol. The molecule has 5 nitrogen and oxygen atoms in total. The van der Waals surface area contributed by atoms with Crippen LogP contribution >= 0.6 is 15.9 Å². The number of fused-ring (bicyclic) bond motifs is 1. The Hall–Kier alpha value is -2.47. The molecule has 3 rings (SSSR count). The molecule has 0 saturated carbocycles. The fourth-order valence-electron chi connectivity index (χ4n) is 2.28. The quantitative estimate of drug-likeness (QED) is 0.763. The van der Waals surface area contributed by atoms with E-state index in [1.165, 1.54) is 0 Å². The fraction of sp³-hybridized carbons (Fsp3) is 0.0625. The number of aromatic carboxylic acids is 1. The molecule has 0 radical (unpaired) electrons. The van der Waals surface area contributed by atoms with Crippen LogP contribution in [-0.2, 0) is 0 Å². The van der Waals surface area contributed by atoms with E-state index < -0.39 is 5.97 Å². The molecule has 22 heavy (non-hydrogen) atoms. The van der Waals surface area contributed by atoms with Gasteiger partial charge in [0.2, 0.25) is 0 Å². The topological polar surface area (TPSA) is 72.2 Å². The van der Waals surface area contributed by atoms with Crippen molar-refractivity contribution in [2.45, 2.75) is 6.92 Å². The lowest BCUT2D eigenvalue weighted by atomic mass is 10.1. The molecule has 0 fully saturated rings.